The Balaban J connectivity index is 1.68. The quantitative estimate of drug-likeness (QED) is 0.773. The number of carbonyl (C=O) groups excluding carboxylic acids is 1. The number of pyridine rings is 1. The van der Waals surface area contributed by atoms with E-state index in [9.17, 15) is 9.90 Å². The Labute approximate surface area is 162 Å². The number of carbonyl (C=O) groups is 1. The number of likely N-dealkylation sites (tertiary alicyclic amines) is 1. The molecule has 1 aliphatic rings. The molecule has 0 spiro atoms. The van der Waals surface area contributed by atoms with E-state index < -0.39 is 17.8 Å². The summed E-state index contributed by atoms with van der Waals surface area (Å²) in [6.45, 7) is 6.73. The van der Waals surface area contributed by atoms with Crippen molar-refractivity contribution in [1.82, 2.24) is 19.9 Å². The van der Waals surface area contributed by atoms with Gasteiger partial charge in [-0.3, -0.25) is 4.98 Å². The van der Waals surface area contributed by atoms with Gasteiger partial charge in [0.1, 0.15) is 16.3 Å². The summed E-state index contributed by atoms with van der Waals surface area (Å²) in [5.74, 6) is 0.572. The van der Waals surface area contributed by atoms with Crippen LogP contribution in [0.4, 0.5) is 10.6 Å². The molecule has 9 heteroatoms. The summed E-state index contributed by atoms with van der Waals surface area (Å²) in [6, 6.07) is 1.66. The molecule has 3 rings (SSSR count). The molecule has 1 fully saturated rings. The van der Waals surface area contributed by atoms with E-state index in [1.807, 2.05) is 20.8 Å². The molecule has 2 aromatic heterocycles. The first-order valence-corrected chi connectivity index (χ1v) is 9.26. The molecule has 2 N–H and O–H groups in total. The van der Waals surface area contributed by atoms with E-state index in [0.717, 1.165) is 0 Å². The number of hydrogen-bond donors (Lipinski definition) is 2. The molecular weight excluding hydrogens is 370 g/mol. The number of hydrogen-bond acceptors (Lipinski definition) is 7. The van der Waals surface area contributed by atoms with Crippen molar-refractivity contribution in [2.75, 3.05) is 25.0 Å². The number of ether oxygens (including phenoxy) is 1. The molecular formula is C18H24ClN5O3. The Morgan fingerprint density at radius 1 is 1.37 bits per heavy atom. The summed E-state index contributed by atoms with van der Waals surface area (Å²) >= 11 is 6.07. The van der Waals surface area contributed by atoms with Crippen molar-refractivity contribution in [3.8, 4) is 0 Å². The van der Waals surface area contributed by atoms with E-state index in [1.165, 1.54) is 0 Å². The Hall–Kier alpha value is -2.19. The van der Waals surface area contributed by atoms with Gasteiger partial charge in [0.2, 0.25) is 0 Å². The number of β-amino-alcohol motifs (C(OH)–C–C–N with tert-alkyl or cyclic N) is 1. The fraction of sp³-hybridized carbons (Fsp3) is 0.556. The maximum atomic E-state index is 12.3. The second kappa shape index (κ2) is 7.82. The zero-order valence-corrected chi connectivity index (χ0v) is 16.4. The molecule has 27 heavy (non-hydrogen) atoms. The number of amides is 1. The molecule has 0 aliphatic carbocycles. The van der Waals surface area contributed by atoms with Crippen LogP contribution in [0.1, 0.15) is 27.2 Å². The van der Waals surface area contributed by atoms with Crippen LogP contribution >= 0.6 is 11.6 Å². The minimum atomic E-state index is -0.595. The molecule has 0 radical (unpaired) electrons. The number of anilines is 1. The van der Waals surface area contributed by atoms with Crippen LogP contribution in [0.15, 0.2) is 18.5 Å². The average molecular weight is 394 g/mol. The second-order valence-corrected chi connectivity index (χ2v) is 8.13. The molecule has 146 valence electrons. The number of nitrogens with zero attached hydrogens (tertiary/aromatic N) is 4. The molecule has 1 amide bonds. The molecule has 8 nitrogen and oxygen atoms in total. The zero-order chi connectivity index (χ0) is 19.6. The monoisotopic (exact) mass is 393 g/mol. The Kier molecular flexibility index (Phi) is 5.67. The summed E-state index contributed by atoms with van der Waals surface area (Å²) in [7, 11) is 0. The van der Waals surface area contributed by atoms with E-state index in [2.05, 4.69) is 20.3 Å². The molecule has 1 saturated heterocycles. The van der Waals surface area contributed by atoms with Crippen LogP contribution in [0.2, 0.25) is 5.15 Å². The highest BCUT2D eigenvalue weighted by Gasteiger charge is 2.31. The molecule has 0 unspecified atom stereocenters. The summed E-state index contributed by atoms with van der Waals surface area (Å²) in [4.78, 5) is 26.7. The molecule has 2 aromatic rings. The zero-order valence-electron chi connectivity index (χ0n) is 15.6. The van der Waals surface area contributed by atoms with Gasteiger partial charge in [-0.25, -0.2) is 14.8 Å². The molecule has 3 heterocycles. The molecule has 0 saturated carbocycles. The average Bonchev–Trinajstić information content (AvgIpc) is 2.57. The normalized spacial score (nSPS) is 20.6. The third-order valence-corrected chi connectivity index (χ3v) is 4.34. The van der Waals surface area contributed by atoms with Crippen molar-refractivity contribution in [3.05, 3.63) is 23.6 Å². The van der Waals surface area contributed by atoms with Gasteiger partial charge in [-0.05, 0) is 33.1 Å². The van der Waals surface area contributed by atoms with Gasteiger partial charge >= 0.3 is 6.09 Å². The number of aliphatic hydroxyl groups excluding tert-OH is 1. The lowest BCUT2D eigenvalue weighted by atomic mass is 9.96. The first-order chi connectivity index (χ1) is 12.7. The van der Waals surface area contributed by atoms with E-state index in [1.54, 1.807) is 23.4 Å². The maximum absolute atomic E-state index is 12.3. The third-order valence-electron chi connectivity index (χ3n) is 4.15. The van der Waals surface area contributed by atoms with Gasteiger partial charge in [0, 0.05) is 38.1 Å². The van der Waals surface area contributed by atoms with E-state index in [-0.39, 0.29) is 12.5 Å². The van der Waals surface area contributed by atoms with Crippen LogP contribution in [0, 0.1) is 5.92 Å². The van der Waals surface area contributed by atoms with Crippen molar-refractivity contribution < 1.29 is 14.6 Å². The lowest BCUT2D eigenvalue weighted by Gasteiger charge is -2.36. The predicted octanol–water partition coefficient (Wildman–Crippen LogP) is 2.71. The van der Waals surface area contributed by atoms with Crippen LogP contribution in [-0.4, -0.2) is 62.4 Å². The summed E-state index contributed by atoms with van der Waals surface area (Å²) in [6.07, 6.45) is 2.76. The van der Waals surface area contributed by atoms with Crippen molar-refractivity contribution in [1.29, 1.82) is 0 Å². The standard InChI is InChI=1S/C18H24ClN5O3/c1-18(2,3)27-17(26)24-9-11(6-12(25)10-24)8-22-16-15-13(7-14(19)23-16)20-4-5-21-15/h4-5,7,11-12,25H,6,8-10H2,1-3H3,(H,22,23)/t11-,12-/m0/s1. The van der Waals surface area contributed by atoms with E-state index in [4.69, 9.17) is 16.3 Å². The van der Waals surface area contributed by atoms with Gasteiger partial charge in [0.05, 0.1) is 11.6 Å². The Morgan fingerprint density at radius 2 is 2.11 bits per heavy atom. The second-order valence-electron chi connectivity index (χ2n) is 7.74. The van der Waals surface area contributed by atoms with Crippen LogP contribution in [0.5, 0.6) is 0 Å². The van der Waals surface area contributed by atoms with Gasteiger partial charge in [-0.2, -0.15) is 0 Å². The highest BCUT2D eigenvalue weighted by molar-refractivity contribution is 6.30. The first-order valence-electron chi connectivity index (χ1n) is 8.88. The fourth-order valence-corrected chi connectivity index (χ4v) is 3.29. The number of fused-ring (bicyclic) bond motifs is 1. The van der Waals surface area contributed by atoms with Crippen LogP contribution in [0.3, 0.4) is 0 Å². The number of aromatic nitrogens is 3. The number of nitrogens with one attached hydrogen (secondary N) is 1. The van der Waals surface area contributed by atoms with Crippen molar-refractivity contribution in [2.45, 2.75) is 38.9 Å². The van der Waals surface area contributed by atoms with Crippen LogP contribution in [-0.2, 0) is 4.74 Å². The Bertz CT molecular complexity index is 826. The van der Waals surface area contributed by atoms with Gasteiger partial charge in [0.15, 0.2) is 5.82 Å². The smallest absolute Gasteiger partial charge is 0.410 e. The summed E-state index contributed by atoms with van der Waals surface area (Å²) in [5.41, 5.74) is 0.705. The lowest BCUT2D eigenvalue weighted by Crippen LogP contribution is -2.49. The van der Waals surface area contributed by atoms with Crippen molar-refractivity contribution >= 4 is 34.5 Å². The molecule has 1 aliphatic heterocycles. The third kappa shape index (κ3) is 5.17. The minimum absolute atomic E-state index is 0.0359. The van der Waals surface area contributed by atoms with Crippen molar-refractivity contribution in [3.63, 3.8) is 0 Å². The van der Waals surface area contributed by atoms with Gasteiger partial charge in [-0.15, -0.1) is 0 Å². The number of rotatable bonds is 3. The Morgan fingerprint density at radius 3 is 2.85 bits per heavy atom. The predicted molar refractivity (Wildman–Crippen MR) is 103 cm³/mol. The van der Waals surface area contributed by atoms with Crippen LogP contribution in [0.25, 0.3) is 11.0 Å². The highest BCUT2D eigenvalue weighted by atomic mass is 35.5. The maximum Gasteiger partial charge on any atom is 0.410 e. The summed E-state index contributed by atoms with van der Waals surface area (Å²) in [5, 5.41) is 13.7. The van der Waals surface area contributed by atoms with Gasteiger partial charge in [-0.1, -0.05) is 11.6 Å². The van der Waals surface area contributed by atoms with E-state index in [0.29, 0.717) is 41.5 Å². The minimum Gasteiger partial charge on any atom is -0.444 e. The number of piperidine rings is 1. The van der Waals surface area contributed by atoms with Gasteiger partial charge < -0.3 is 20.1 Å². The SMILES string of the molecule is CC(C)(C)OC(=O)N1C[C@@H](O)C[C@@H](CNc2nc(Cl)cc3nccnc23)C1. The van der Waals surface area contributed by atoms with E-state index >= 15 is 0 Å². The number of halogens is 1. The van der Waals surface area contributed by atoms with Gasteiger partial charge in [0.25, 0.3) is 0 Å². The largest absolute Gasteiger partial charge is 0.444 e. The lowest BCUT2D eigenvalue weighted by molar-refractivity contribution is -0.00594. The molecule has 0 bridgehead atoms. The van der Waals surface area contributed by atoms with Crippen LogP contribution < -0.4 is 5.32 Å². The van der Waals surface area contributed by atoms with Crippen molar-refractivity contribution in [2.24, 2.45) is 5.92 Å². The molecule has 2 atom stereocenters. The topological polar surface area (TPSA) is 100 Å². The summed E-state index contributed by atoms with van der Waals surface area (Å²) < 4.78 is 5.42. The molecule has 0 aromatic carbocycles. The highest BCUT2D eigenvalue weighted by Crippen LogP contribution is 2.24. The number of aliphatic hydroxyl groups is 1. The fourth-order valence-electron chi connectivity index (χ4n) is 3.10. The first kappa shape index (κ1) is 19.6.